The van der Waals surface area contributed by atoms with Crippen LogP contribution in [0.4, 0.5) is 0 Å². The van der Waals surface area contributed by atoms with E-state index in [-0.39, 0.29) is 30.9 Å². The van der Waals surface area contributed by atoms with E-state index in [4.69, 9.17) is 0 Å². The molecule has 2 amide bonds. The smallest absolute Gasteiger partial charge is 0.239 e. The molecule has 0 fully saturated rings. The third-order valence-corrected chi connectivity index (χ3v) is 5.50. The predicted octanol–water partition coefficient (Wildman–Crippen LogP) is 3.19. The fourth-order valence-corrected chi connectivity index (χ4v) is 3.61. The van der Waals surface area contributed by atoms with E-state index in [2.05, 4.69) is 60.1 Å². The van der Waals surface area contributed by atoms with Gasteiger partial charge < -0.3 is 10.6 Å². The number of amides is 2. The molecule has 0 saturated carbocycles. The molecule has 0 aliphatic rings. The van der Waals surface area contributed by atoms with Crippen LogP contribution in [0.25, 0.3) is 0 Å². The van der Waals surface area contributed by atoms with Crippen LogP contribution in [0.5, 0.6) is 0 Å². The molecule has 0 aliphatic heterocycles. The summed E-state index contributed by atoms with van der Waals surface area (Å²) in [6, 6.07) is 12.6. The molecule has 0 saturated heterocycles. The van der Waals surface area contributed by atoms with E-state index in [0.717, 1.165) is 16.9 Å². The van der Waals surface area contributed by atoms with Crippen molar-refractivity contribution in [2.45, 2.75) is 39.2 Å². The fraction of sp³-hybridized carbons (Fsp3) is 0.429. The van der Waals surface area contributed by atoms with E-state index < -0.39 is 0 Å². The molecule has 2 rings (SSSR count). The Balaban J connectivity index is 2.01. The zero-order valence-corrected chi connectivity index (χ0v) is 17.1. The Morgan fingerprint density at radius 3 is 2.22 bits per heavy atom. The highest BCUT2D eigenvalue weighted by atomic mass is 32.1. The molecule has 2 aromatic rings. The van der Waals surface area contributed by atoms with Gasteiger partial charge in [0.2, 0.25) is 11.8 Å². The van der Waals surface area contributed by atoms with E-state index in [1.165, 1.54) is 5.56 Å². The normalized spacial score (nSPS) is 13.0. The fourth-order valence-electron chi connectivity index (χ4n) is 2.79. The predicted molar refractivity (Wildman–Crippen MR) is 111 cm³/mol. The molecule has 0 spiro atoms. The maximum atomic E-state index is 12.1. The van der Waals surface area contributed by atoms with Gasteiger partial charge in [-0.05, 0) is 41.8 Å². The number of rotatable bonds is 10. The van der Waals surface area contributed by atoms with E-state index >= 15 is 0 Å². The van der Waals surface area contributed by atoms with Crippen molar-refractivity contribution in [3.05, 3.63) is 57.8 Å². The molecule has 27 heavy (non-hydrogen) atoms. The van der Waals surface area contributed by atoms with Crippen LogP contribution in [0, 0.1) is 0 Å². The Hall–Kier alpha value is -2.18. The summed E-state index contributed by atoms with van der Waals surface area (Å²) in [5.41, 5.74) is 2.45. The molecule has 1 aromatic carbocycles. The van der Waals surface area contributed by atoms with Crippen LogP contribution >= 0.6 is 11.3 Å². The van der Waals surface area contributed by atoms with Crippen molar-refractivity contribution in [3.63, 3.8) is 0 Å². The van der Waals surface area contributed by atoms with E-state index in [0.29, 0.717) is 12.5 Å². The lowest BCUT2D eigenvalue weighted by Gasteiger charge is -2.19. The first-order valence-corrected chi connectivity index (χ1v) is 10.3. The molecule has 2 atom stereocenters. The zero-order chi connectivity index (χ0) is 19.6. The maximum Gasteiger partial charge on any atom is 0.239 e. The summed E-state index contributed by atoms with van der Waals surface area (Å²) in [6.07, 6.45) is 1.11. The van der Waals surface area contributed by atoms with Crippen LogP contribution in [0.3, 0.4) is 0 Å². The minimum absolute atomic E-state index is 0.00161. The first-order valence-electron chi connectivity index (χ1n) is 9.45. The first-order chi connectivity index (χ1) is 13.0. The molecule has 1 heterocycles. The summed E-state index contributed by atoms with van der Waals surface area (Å²) < 4.78 is 0. The Kier molecular flexibility index (Phi) is 8.48. The van der Waals surface area contributed by atoms with Gasteiger partial charge in [-0.15, -0.1) is 11.3 Å². The number of carbonyl (C=O) groups excluding carboxylic acids is 2. The quantitative estimate of drug-likeness (QED) is 0.586. The van der Waals surface area contributed by atoms with E-state index in [9.17, 15) is 9.59 Å². The van der Waals surface area contributed by atoms with Crippen LogP contribution in [0.15, 0.2) is 41.8 Å². The molecule has 6 heteroatoms. The van der Waals surface area contributed by atoms with Crippen molar-refractivity contribution in [3.8, 4) is 0 Å². The Morgan fingerprint density at radius 1 is 0.963 bits per heavy atom. The van der Waals surface area contributed by atoms with Gasteiger partial charge in [-0.2, -0.15) is 0 Å². The van der Waals surface area contributed by atoms with Gasteiger partial charge in [0.05, 0.1) is 19.1 Å². The van der Waals surface area contributed by atoms with Gasteiger partial charge in [-0.25, -0.2) is 0 Å². The van der Waals surface area contributed by atoms with Gasteiger partial charge >= 0.3 is 0 Å². The lowest BCUT2D eigenvalue weighted by molar-refractivity contribution is -0.125. The van der Waals surface area contributed by atoms with Crippen molar-refractivity contribution in [2.75, 3.05) is 19.6 Å². The van der Waals surface area contributed by atoms with E-state index in [1.807, 2.05) is 18.4 Å². The summed E-state index contributed by atoms with van der Waals surface area (Å²) in [5, 5.41) is 10.7. The molecule has 1 aromatic heterocycles. The molecule has 0 bridgehead atoms. The monoisotopic (exact) mass is 387 g/mol. The molecule has 0 radical (unpaired) electrons. The van der Waals surface area contributed by atoms with Gasteiger partial charge in [-0.1, -0.05) is 44.2 Å². The van der Waals surface area contributed by atoms with Gasteiger partial charge in [0.1, 0.15) is 0 Å². The van der Waals surface area contributed by atoms with E-state index in [1.54, 1.807) is 11.3 Å². The van der Waals surface area contributed by atoms with Crippen molar-refractivity contribution in [1.29, 1.82) is 0 Å². The van der Waals surface area contributed by atoms with Crippen LogP contribution in [-0.2, 0) is 9.59 Å². The number of nitrogens with one attached hydrogen (secondary N) is 3. The number of carbonyl (C=O) groups is 2. The highest BCUT2D eigenvalue weighted by Crippen LogP contribution is 2.27. The highest BCUT2D eigenvalue weighted by Gasteiger charge is 2.17. The number of benzene rings is 1. The highest BCUT2D eigenvalue weighted by molar-refractivity contribution is 7.10. The second-order valence-corrected chi connectivity index (χ2v) is 7.51. The summed E-state index contributed by atoms with van der Waals surface area (Å²) in [5.74, 6) is 0.160. The van der Waals surface area contributed by atoms with Gasteiger partial charge in [-0.3, -0.25) is 14.9 Å². The lowest BCUT2D eigenvalue weighted by atomic mass is 9.95. The second kappa shape index (κ2) is 10.8. The number of likely N-dealkylation sites (N-methyl/N-ethyl adjacent to an activating group) is 1. The first kappa shape index (κ1) is 21.1. The Labute approximate surface area is 165 Å². The number of hydrogen-bond acceptors (Lipinski definition) is 4. The van der Waals surface area contributed by atoms with Crippen LogP contribution in [-0.4, -0.2) is 31.4 Å². The van der Waals surface area contributed by atoms with Gasteiger partial charge in [0.25, 0.3) is 0 Å². The largest absolute Gasteiger partial charge is 0.355 e. The average molecular weight is 388 g/mol. The molecular weight excluding hydrogens is 358 g/mol. The van der Waals surface area contributed by atoms with Gasteiger partial charge in [0, 0.05) is 11.4 Å². The SMILES string of the molecule is CCNC(=O)CNC(=O)CN[C@H](c1ccc([C@@H](C)CC)cc1)c1cccs1. The summed E-state index contributed by atoms with van der Waals surface area (Å²) in [4.78, 5) is 24.7. The molecular formula is C21H29N3O2S. The standard InChI is InChI=1S/C21H29N3O2S/c1-4-15(3)16-8-10-17(11-9-16)21(18-7-6-12-27-18)24-14-20(26)23-13-19(25)22-5-2/h6-12,15,21,24H,4-5,13-14H2,1-3H3,(H,22,25)(H,23,26)/t15-,21+/m0/s1. The number of thiophene rings is 1. The van der Waals surface area contributed by atoms with Crippen molar-refractivity contribution >= 4 is 23.2 Å². The van der Waals surface area contributed by atoms with Crippen LogP contribution in [0.2, 0.25) is 0 Å². The number of hydrogen-bond donors (Lipinski definition) is 3. The maximum absolute atomic E-state index is 12.1. The Morgan fingerprint density at radius 2 is 1.63 bits per heavy atom. The summed E-state index contributed by atoms with van der Waals surface area (Å²) >= 11 is 1.66. The minimum Gasteiger partial charge on any atom is -0.355 e. The van der Waals surface area contributed by atoms with Crippen molar-refractivity contribution < 1.29 is 9.59 Å². The van der Waals surface area contributed by atoms with Crippen molar-refractivity contribution in [2.24, 2.45) is 0 Å². The van der Waals surface area contributed by atoms with Crippen LogP contribution < -0.4 is 16.0 Å². The lowest BCUT2D eigenvalue weighted by Crippen LogP contribution is -2.41. The Bertz CT molecular complexity index is 714. The van der Waals surface area contributed by atoms with Crippen LogP contribution in [0.1, 0.15) is 55.2 Å². The second-order valence-electron chi connectivity index (χ2n) is 6.54. The zero-order valence-electron chi connectivity index (χ0n) is 16.2. The minimum atomic E-state index is -0.195. The van der Waals surface area contributed by atoms with Crippen molar-refractivity contribution in [1.82, 2.24) is 16.0 Å². The summed E-state index contributed by atoms with van der Waals surface area (Å²) in [7, 11) is 0. The third kappa shape index (κ3) is 6.48. The third-order valence-electron chi connectivity index (χ3n) is 4.57. The molecule has 0 unspecified atom stereocenters. The molecule has 0 aliphatic carbocycles. The van der Waals surface area contributed by atoms with Gasteiger partial charge in [0.15, 0.2) is 0 Å². The summed E-state index contributed by atoms with van der Waals surface area (Å²) in [6.45, 7) is 6.97. The molecule has 146 valence electrons. The average Bonchev–Trinajstić information content (AvgIpc) is 3.21. The topological polar surface area (TPSA) is 70.2 Å². The molecule has 3 N–H and O–H groups in total. The molecule has 5 nitrogen and oxygen atoms in total.